The van der Waals surface area contributed by atoms with Gasteiger partial charge in [-0.3, -0.25) is 0 Å². The third-order valence-electron chi connectivity index (χ3n) is 1.11. The van der Waals surface area contributed by atoms with Gasteiger partial charge in [0.05, 0.1) is 0 Å². The Bertz CT molecular complexity index is 250. The minimum absolute atomic E-state index is 0.178. The molecule has 0 radical (unpaired) electrons. The third kappa shape index (κ3) is 4.81. The standard InChI is InChI=1S/C5H6Cl2NO3P/c6-8(7)4(5(9)10)2-1-3-12-11/h4H,1-2H2,(H,9,10). The molecule has 4 nitrogen and oxygen atoms in total. The van der Waals surface area contributed by atoms with Crippen LogP contribution in [0.1, 0.15) is 12.8 Å². The minimum atomic E-state index is -1.12. The second-order valence-electron chi connectivity index (χ2n) is 1.90. The maximum atomic E-state index is 10.4. The number of carboxylic acids is 1. The molecule has 0 saturated carbocycles. The van der Waals surface area contributed by atoms with Gasteiger partial charge in [0, 0.05) is 0 Å². The van der Waals surface area contributed by atoms with Crippen LogP contribution in [0.15, 0.2) is 0 Å². The number of rotatable bonds is 4. The average molecular weight is 230 g/mol. The summed E-state index contributed by atoms with van der Waals surface area (Å²) in [5, 5.41) is 8.52. The van der Waals surface area contributed by atoms with Crippen LogP contribution >= 0.6 is 31.5 Å². The summed E-state index contributed by atoms with van der Waals surface area (Å²) in [6.45, 7) is 0. The van der Waals surface area contributed by atoms with E-state index in [-0.39, 0.29) is 20.8 Å². The fourth-order valence-corrected chi connectivity index (χ4v) is 1.13. The van der Waals surface area contributed by atoms with E-state index in [1.54, 1.807) is 0 Å². The van der Waals surface area contributed by atoms with Gasteiger partial charge in [0.15, 0.2) is 0 Å². The van der Waals surface area contributed by atoms with Crippen molar-refractivity contribution in [1.82, 2.24) is 3.94 Å². The van der Waals surface area contributed by atoms with Crippen LogP contribution in [0.5, 0.6) is 0 Å². The molecule has 0 aromatic carbocycles. The molecule has 12 heavy (non-hydrogen) atoms. The molecule has 0 aliphatic heterocycles. The molecule has 0 heterocycles. The predicted octanol–water partition coefficient (Wildman–Crippen LogP) is 2.08. The van der Waals surface area contributed by atoms with E-state index < -0.39 is 12.0 Å². The average Bonchev–Trinajstić information content (AvgIpc) is 1.96. The van der Waals surface area contributed by atoms with E-state index in [0.717, 1.165) is 0 Å². The van der Waals surface area contributed by atoms with Crippen molar-refractivity contribution in [3.63, 3.8) is 0 Å². The van der Waals surface area contributed by atoms with Gasteiger partial charge in [-0.1, -0.05) is 0 Å². The first kappa shape index (κ1) is 12.0. The number of carboxylic acid groups (broad SMARTS) is 1. The Labute approximate surface area is 80.8 Å². The van der Waals surface area contributed by atoms with Crippen LogP contribution in [0.25, 0.3) is 0 Å². The Balaban J connectivity index is 4.02. The Morgan fingerprint density at radius 2 is 2.25 bits per heavy atom. The van der Waals surface area contributed by atoms with Crippen molar-refractivity contribution in [3.8, 4) is 5.63 Å². The monoisotopic (exact) mass is 229 g/mol. The summed E-state index contributed by atoms with van der Waals surface area (Å²) in [4.78, 5) is 10.4. The zero-order chi connectivity index (χ0) is 9.56. The van der Waals surface area contributed by atoms with Crippen molar-refractivity contribution in [1.29, 1.82) is 0 Å². The van der Waals surface area contributed by atoms with Gasteiger partial charge < -0.3 is 0 Å². The van der Waals surface area contributed by atoms with Gasteiger partial charge in [-0.25, -0.2) is 0 Å². The van der Waals surface area contributed by atoms with E-state index >= 15 is 0 Å². The summed E-state index contributed by atoms with van der Waals surface area (Å²) in [7, 11) is -0.242. The summed E-state index contributed by atoms with van der Waals surface area (Å²) >= 11 is 10.5. The predicted molar refractivity (Wildman–Crippen MR) is 45.7 cm³/mol. The van der Waals surface area contributed by atoms with Gasteiger partial charge in [-0.2, -0.15) is 0 Å². The molecular formula is C5H6Cl2NO3P. The summed E-state index contributed by atoms with van der Waals surface area (Å²) < 4.78 is 10.4. The quantitative estimate of drug-likeness (QED) is 0.593. The van der Waals surface area contributed by atoms with E-state index in [1.807, 2.05) is 0 Å². The molecule has 0 saturated heterocycles. The van der Waals surface area contributed by atoms with E-state index in [1.165, 1.54) is 0 Å². The molecule has 1 N–H and O–H groups in total. The molecule has 1 unspecified atom stereocenters. The van der Waals surface area contributed by atoms with Crippen LogP contribution < -0.4 is 0 Å². The zero-order valence-corrected chi connectivity index (χ0v) is 8.31. The van der Waals surface area contributed by atoms with Crippen molar-refractivity contribution in [2.24, 2.45) is 0 Å². The molecule has 0 aromatic rings. The Kier molecular flexibility index (Phi) is 6.54. The molecule has 0 rings (SSSR count). The molecular weight excluding hydrogens is 224 g/mol. The van der Waals surface area contributed by atoms with E-state index in [0.29, 0.717) is 3.94 Å². The van der Waals surface area contributed by atoms with E-state index in [2.05, 4.69) is 5.63 Å². The van der Waals surface area contributed by atoms with Crippen molar-refractivity contribution < 1.29 is 14.5 Å². The van der Waals surface area contributed by atoms with Gasteiger partial charge in [0.1, 0.15) is 0 Å². The van der Waals surface area contributed by atoms with E-state index in [4.69, 9.17) is 28.7 Å². The SMILES string of the molecule is O=P#CCCC(C(=O)O)N(Cl)Cl. The second kappa shape index (κ2) is 6.53. The number of hydrogen-bond acceptors (Lipinski definition) is 3. The normalized spacial score (nSPS) is 12.2. The Morgan fingerprint density at radius 1 is 1.67 bits per heavy atom. The van der Waals surface area contributed by atoms with Crippen LogP contribution in [-0.2, 0) is 9.36 Å². The van der Waals surface area contributed by atoms with Gasteiger partial charge in [0.2, 0.25) is 0 Å². The first-order valence-corrected chi connectivity index (χ1v) is 4.47. The van der Waals surface area contributed by atoms with Gasteiger partial charge in [-0.05, 0) is 0 Å². The van der Waals surface area contributed by atoms with Crippen molar-refractivity contribution in [2.75, 3.05) is 0 Å². The van der Waals surface area contributed by atoms with Crippen molar-refractivity contribution in [2.45, 2.75) is 18.9 Å². The third-order valence-corrected chi connectivity index (χ3v) is 1.94. The van der Waals surface area contributed by atoms with Crippen molar-refractivity contribution in [3.05, 3.63) is 0 Å². The molecule has 0 aromatic heterocycles. The number of carbonyl (C=O) groups is 1. The first-order chi connectivity index (χ1) is 5.59. The Morgan fingerprint density at radius 3 is 2.58 bits per heavy atom. The number of nitrogens with zero attached hydrogens (tertiary/aromatic N) is 1. The zero-order valence-electron chi connectivity index (χ0n) is 5.91. The van der Waals surface area contributed by atoms with Gasteiger partial charge in [0.25, 0.3) is 0 Å². The fourth-order valence-electron chi connectivity index (χ4n) is 0.551. The van der Waals surface area contributed by atoms with E-state index in [9.17, 15) is 9.36 Å². The molecule has 1 atom stereocenters. The topological polar surface area (TPSA) is 57.6 Å². The molecule has 0 bridgehead atoms. The molecule has 68 valence electrons. The molecule has 0 aliphatic carbocycles. The fraction of sp³-hybridized carbons (Fsp3) is 0.600. The molecule has 7 heteroatoms. The van der Waals surface area contributed by atoms with Crippen LogP contribution in [0.4, 0.5) is 0 Å². The summed E-state index contributed by atoms with van der Waals surface area (Å²) in [6, 6.07) is -0.984. The number of halogens is 2. The molecule has 0 spiro atoms. The van der Waals surface area contributed by atoms with Crippen LogP contribution in [0.3, 0.4) is 0 Å². The Hall–Kier alpha value is 0.0200. The van der Waals surface area contributed by atoms with Crippen molar-refractivity contribution >= 4 is 37.4 Å². The maximum absolute atomic E-state index is 10.4. The summed E-state index contributed by atoms with van der Waals surface area (Å²) in [6.07, 6.45) is 0.440. The summed E-state index contributed by atoms with van der Waals surface area (Å²) in [5.41, 5.74) is 2.40. The number of aliphatic carboxylic acids is 1. The molecule has 0 aliphatic rings. The van der Waals surface area contributed by atoms with Gasteiger partial charge in [-0.15, -0.1) is 0 Å². The molecule has 0 fully saturated rings. The number of hydrogen-bond donors (Lipinski definition) is 1. The first-order valence-electron chi connectivity index (χ1n) is 2.98. The van der Waals surface area contributed by atoms with Crippen LogP contribution in [-0.4, -0.2) is 21.1 Å². The van der Waals surface area contributed by atoms with Crippen LogP contribution in [0.2, 0.25) is 0 Å². The molecule has 0 amide bonds. The summed E-state index contributed by atoms with van der Waals surface area (Å²) in [5.74, 6) is -1.12. The second-order valence-corrected chi connectivity index (χ2v) is 3.30. The van der Waals surface area contributed by atoms with Crippen LogP contribution in [0, 0.1) is 5.63 Å². The van der Waals surface area contributed by atoms with Gasteiger partial charge >= 0.3 is 80.4 Å².